The van der Waals surface area contributed by atoms with Crippen molar-refractivity contribution >= 4 is 17.6 Å². The van der Waals surface area contributed by atoms with Gasteiger partial charge < -0.3 is 15.8 Å². The molecule has 1 rings (SSSR count). The molecule has 0 unspecified atom stereocenters. The summed E-state index contributed by atoms with van der Waals surface area (Å²) in [6.45, 7) is 3.68. The summed E-state index contributed by atoms with van der Waals surface area (Å²) in [7, 11) is 1.33. The number of esters is 1. The van der Waals surface area contributed by atoms with Crippen molar-refractivity contribution in [3.63, 3.8) is 0 Å². The zero-order valence-corrected chi connectivity index (χ0v) is 11.5. The molecule has 0 saturated carbocycles. The number of hydrogen-bond acceptors (Lipinski definition) is 4. The zero-order valence-electron chi connectivity index (χ0n) is 11.5. The predicted octanol–water partition coefficient (Wildman–Crippen LogP) is 1.13. The molecule has 3 N–H and O–H groups in total. The predicted molar refractivity (Wildman–Crippen MR) is 73.4 cm³/mol. The molecule has 0 aliphatic heterocycles. The molecule has 0 bridgehead atoms. The third-order valence-electron chi connectivity index (χ3n) is 2.78. The number of methoxy groups -OCH3 is 1. The summed E-state index contributed by atoms with van der Waals surface area (Å²) in [5, 5.41) is 2.73. The zero-order chi connectivity index (χ0) is 14.5. The Kier molecular flexibility index (Phi) is 4.92. The van der Waals surface area contributed by atoms with E-state index in [2.05, 4.69) is 10.1 Å². The van der Waals surface area contributed by atoms with Gasteiger partial charge in [-0.25, -0.2) is 0 Å². The Bertz CT molecular complexity index is 470. The molecule has 0 aliphatic carbocycles. The Morgan fingerprint density at radius 3 is 2.63 bits per heavy atom. The third kappa shape index (κ3) is 4.62. The Labute approximate surface area is 113 Å². The number of nitrogen functional groups attached to an aromatic ring is 1. The van der Waals surface area contributed by atoms with Crippen molar-refractivity contribution in [2.75, 3.05) is 19.4 Å². The first-order valence-electron chi connectivity index (χ1n) is 6.04. The molecule has 0 fully saturated rings. The molecule has 1 aromatic carbocycles. The molecule has 1 amide bonds. The van der Waals surface area contributed by atoms with Crippen LogP contribution in [0.3, 0.4) is 0 Å². The maximum Gasteiger partial charge on any atom is 0.313 e. The maximum atomic E-state index is 11.8. The van der Waals surface area contributed by atoms with Crippen molar-refractivity contribution in [2.24, 2.45) is 5.41 Å². The first kappa shape index (κ1) is 15.0. The highest BCUT2D eigenvalue weighted by molar-refractivity contribution is 5.81. The normalized spacial score (nSPS) is 10.9. The summed E-state index contributed by atoms with van der Waals surface area (Å²) < 4.78 is 4.67. The number of hydrogen-bond donors (Lipinski definition) is 2. The van der Waals surface area contributed by atoms with Gasteiger partial charge in [0.05, 0.1) is 18.9 Å². The van der Waals surface area contributed by atoms with Crippen molar-refractivity contribution < 1.29 is 14.3 Å². The molecule has 0 heterocycles. The molecule has 5 nitrogen and oxygen atoms in total. The van der Waals surface area contributed by atoms with E-state index >= 15 is 0 Å². The molecule has 0 aromatic heterocycles. The number of anilines is 1. The number of rotatable bonds is 5. The average molecular weight is 264 g/mol. The minimum Gasteiger partial charge on any atom is -0.469 e. The molecule has 0 radical (unpaired) electrons. The van der Waals surface area contributed by atoms with Crippen molar-refractivity contribution in [3.8, 4) is 0 Å². The second kappa shape index (κ2) is 6.22. The summed E-state index contributed by atoms with van der Waals surface area (Å²) in [6.07, 6.45) is 0.238. The van der Waals surface area contributed by atoms with Crippen LogP contribution in [0.4, 0.5) is 5.69 Å². The quantitative estimate of drug-likeness (QED) is 0.617. The number of nitrogens with two attached hydrogens (primary N) is 1. The first-order valence-corrected chi connectivity index (χ1v) is 6.04. The van der Waals surface area contributed by atoms with E-state index in [1.165, 1.54) is 7.11 Å². The lowest BCUT2D eigenvalue weighted by atomic mass is 9.93. The fourth-order valence-corrected chi connectivity index (χ4v) is 1.62. The lowest BCUT2D eigenvalue weighted by Crippen LogP contribution is -2.40. The van der Waals surface area contributed by atoms with E-state index in [9.17, 15) is 9.59 Å². The van der Waals surface area contributed by atoms with E-state index in [0.717, 1.165) is 5.56 Å². The van der Waals surface area contributed by atoms with Crippen LogP contribution in [-0.2, 0) is 20.7 Å². The fourth-order valence-electron chi connectivity index (χ4n) is 1.62. The van der Waals surface area contributed by atoms with Crippen molar-refractivity contribution in [1.29, 1.82) is 0 Å². The molecule has 104 valence electrons. The van der Waals surface area contributed by atoms with Gasteiger partial charge in [0, 0.05) is 12.2 Å². The van der Waals surface area contributed by atoms with Gasteiger partial charge >= 0.3 is 5.97 Å². The van der Waals surface area contributed by atoms with Gasteiger partial charge in [0.25, 0.3) is 0 Å². The summed E-state index contributed by atoms with van der Waals surface area (Å²) in [6, 6.07) is 7.16. The van der Waals surface area contributed by atoms with Gasteiger partial charge in [-0.1, -0.05) is 12.1 Å². The number of amides is 1. The molecule has 0 atom stereocenters. The SMILES string of the molecule is COC(=O)C(C)(C)CNC(=O)Cc1cccc(N)c1. The average Bonchev–Trinajstić information content (AvgIpc) is 2.35. The summed E-state index contributed by atoms with van der Waals surface area (Å²) in [4.78, 5) is 23.2. The lowest BCUT2D eigenvalue weighted by Gasteiger charge is -2.21. The number of benzene rings is 1. The van der Waals surface area contributed by atoms with E-state index in [-0.39, 0.29) is 24.8 Å². The van der Waals surface area contributed by atoms with E-state index in [4.69, 9.17) is 5.73 Å². The molecule has 5 heteroatoms. The van der Waals surface area contributed by atoms with Gasteiger partial charge in [0.15, 0.2) is 0 Å². The molecule has 19 heavy (non-hydrogen) atoms. The summed E-state index contributed by atoms with van der Waals surface area (Å²) in [5.41, 5.74) is 6.37. The number of ether oxygens (including phenoxy) is 1. The van der Waals surface area contributed by atoms with Crippen LogP contribution in [0.1, 0.15) is 19.4 Å². The van der Waals surface area contributed by atoms with E-state index < -0.39 is 5.41 Å². The topological polar surface area (TPSA) is 81.4 Å². The lowest BCUT2D eigenvalue weighted by molar-refractivity contribution is -0.150. The van der Waals surface area contributed by atoms with Gasteiger partial charge in [-0.05, 0) is 31.5 Å². The van der Waals surface area contributed by atoms with Gasteiger partial charge in [-0.2, -0.15) is 0 Å². The van der Waals surface area contributed by atoms with Crippen LogP contribution in [-0.4, -0.2) is 25.5 Å². The molecule has 1 aromatic rings. The highest BCUT2D eigenvalue weighted by Crippen LogP contribution is 2.15. The van der Waals surface area contributed by atoms with Gasteiger partial charge in [-0.3, -0.25) is 9.59 Å². The van der Waals surface area contributed by atoms with Gasteiger partial charge in [0.1, 0.15) is 0 Å². The smallest absolute Gasteiger partial charge is 0.313 e. The fraction of sp³-hybridized carbons (Fsp3) is 0.429. The third-order valence-corrected chi connectivity index (χ3v) is 2.78. The Hall–Kier alpha value is -2.04. The van der Waals surface area contributed by atoms with Crippen LogP contribution in [0.5, 0.6) is 0 Å². The molecular formula is C14H20N2O3. The largest absolute Gasteiger partial charge is 0.469 e. The summed E-state index contributed by atoms with van der Waals surface area (Å²) in [5.74, 6) is -0.501. The van der Waals surface area contributed by atoms with Crippen LogP contribution >= 0.6 is 0 Å². The second-order valence-electron chi connectivity index (χ2n) is 5.07. The Balaban J connectivity index is 2.51. The molecule has 0 spiro atoms. The van der Waals surface area contributed by atoms with Crippen LogP contribution in [0.2, 0.25) is 0 Å². The minimum absolute atomic E-state index is 0.150. The molecule has 0 saturated heterocycles. The van der Waals surface area contributed by atoms with Crippen molar-refractivity contribution in [1.82, 2.24) is 5.32 Å². The van der Waals surface area contributed by atoms with Crippen LogP contribution in [0.25, 0.3) is 0 Å². The number of nitrogens with one attached hydrogen (secondary N) is 1. The number of carbonyl (C=O) groups excluding carboxylic acids is 2. The van der Waals surface area contributed by atoms with Crippen LogP contribution in [0.15, 0.2) is 24.3 Å². The van der Waals surface area contributed by atoms with Crippen LogP contribution < -0.4 is 11.1 Å². The monoisotopic (exact) mass is 264 g/mol. The highest BCUT2D eigenvalue weighted by atomic mass is 16.5. The van der Waals surface area contributed by atoms with Crippen LogP contribution in [0, 0.1) is 5.41 Å². The van der Waals surface area contributed by atoms with E-state index in [0.29, 0.717) is 5.69 Å². The Morgan fingerprint density at radius 2 is 2.05 bits per heavy atom. The minimum atomic E-state index is -0.736. The maximum absolute atomic E-state index is 11.8. The van der Waals surface area contributed by atoms with Crippen molar-refractivity contribution in [2.45, 2.75) is 20.3 Å². The van der Waals surface area contributed by atoms with E-state index in [1.54, 1.807) is 32.0 Å². The standard InChI is InChI=1S/C14H20N2O3/c1-14(2,13(18)19-3)9-16-12(17)8-10-5-4-6-11(15)7-10/h4-7H,8-9,15H2,1-3H3,(H,16,17). The summed E-state index contributed by atoms with van der Waals surface area (Å²) >= 11 is 0. The van der Waals surface area contributed by atoms with Gasteiger partial charge in [0.2, 0.25) is 5.91 Å². The Morgan fingerprint density at radius 1 is 1.37 bits per heavy atom. The molecular weight excluding hydrogens is 244 g/mol. The molecule has 0 aliphatic rings. The highest BCUT2D eigenvalue weighted by Gasteiger charge is 2.29. The first-order chi connectivity index (χ1) is 8.85. The second-order valence-corrected chi connectivity index (χ2v) is 5.07. The number of carbonyl (C=O) groups is 2. The van der Waals surface area contributed by atoms with Crippen molar-refractivity contribution in [3.05, 3.63) is 29.8 Å². The van der Waals surface area contributed by atoms with E-state index in [1.807, 2.05) is 6.07 Å². The van der Waals surface area contributed by atoms with Gasteiger partial charge in [-0.15, -0.1) is 0 Å².